The summed E-state index contributed by atoms with van der Waals surface area (Å²) in [6.07, 6.45) is 0.710. The van der Waals surface area contributed by atoms with Crippen molar-refractivity contribution in [3.05, 3.63) is 65.5 Å². The van der Waals surface area contributed by atoms with E-state index in [1.165, 1.54) is 22.5 Å². The first-order valence-corrected chi connectivity index (χ1v) is 8.13. The lowest BCUT2D eigenvalue weighted by Gasteiger charge is -1.99. The van der Waals surface area contributed by atoms with E-state index < -0.39 is 0 Å². The molecule has 23 heavy (non-hydrogen) atoms. The van der Waals surface area contributed by atoms with Crippen LogP contribution in [0.5, 0.6) is 0 Å². The molecule has 0 aliphatic heterocycles. The minimum absolute atomic E-state index is 0.710. The van der Waals surface area contributed by atoms with Crippen molar-refractivity contribution in [2.45, 2.75) is 13.3 Å². The summed E-state index contributed by atoms with van der Waals surface area (Å²) in [5.41, 5.74) is 10.0. The zero-order chi connectivity index (χ0) is 15.8. The number of hydrogen-bond acceptors (Lipinski definition) is 5. The first-order valence-electron chi connectivity index (χ1n) is 7.31. The molecule has 2 aromatic carbocycles. The van der Waals surface area contributed by atoms with Crippen LogP contribution in [0.1, 0.15) is 17.0 Å². The van der Waals surface area contributed by atoms with Crippen molar-refractivity contribution in [1.82, 2.24) is 19.8 Å². The van der Waals surface area contributed by atoms with Gasteiger partial charge in [0.2, 0.25) is 4.96 Å². The van der Waals surface area contributed by atoms with E-state index in [1.54, 1.807) is 0 Å². The van der Waals surface area contributed by atoms with Gasteiger partial charge in [0.05, 0.1) is 0 Å². The summed E-state index contributed by atoms with van der Waals surface area (Å²) in [6, 6.07) is 16.2. The highest BCUT2D eigenvalue weighted by Gasteiger charge is 2.13. The van der Waals surface area contributed by atoms with E-state index in [4.69, 9.17) is 5.73 Å². The number of aryl methyl sites for hydroxylation is 1. The molecule has 5 nitrogen and oxygen atoms in total. The van der Waals surface area contributed by atoms with Gasteiger partial charge in [-0.3, -0.25) is 0 Å². The molecular formula is C17H15N5S. The summed E-state index contributed by atoms with van der Waals surface area (Å²) in [5.74, 6) is 0.843. The molecular weight excluding hydrogens is 306 g/mol. The Hall–Kier alpha value is -2.73. The summed E-state index contributed by atoms with van der Waals surface area (Å²) < 4.78 is 1.82. The van der Waals surface area contributed by atoms with Gasteiger partial charge in [-0.2, -0.15) is 9.61 Å². The minimum atomic E-state index is 0.710. The highest BCUT2D eigenvalue weighted by atomic mass is 32.1. The lowest BCUT2D eigenvalue weighted by molar-refractivity contribution is 0.854. The number of hydrogen-bond donors (Lipinski definition) is 1. The van der Waals surface area contributed by atoms with Crippen molar-refractivity contribution in [2.24, 2.45) is 0 Å². The zero-order valence-electron chi connectivity index (χ0n) is 12.6. The van der Waals surface area contributed by atoms with Gasteiger partial charge in [-0.05, 0) is 24.6 Å². The molecule has 0 unspecified atom stereocenters. The number of fused-ring (bicyclic) bond motifs is 1. The van der Waals surface area contributed by atoms with E-state index in [0.29, 0.717) is 6.42 Å². The summed E-state index contributed by atoms with van der Waals surface area (Å²) in [6.45, 7) is 2.08. The number of rotatable bonds is 3. The fraction of sp³-hybridized carbons (Fsp3) is 0.118. The van der Waals surface area contributed by atoms with Crippen LogP contribution in [0.3, 0.4) is 0 Å². The Balaban J connectivity index is 1.70. The maximum absolute atomic E-state index is 5.85. The molecule has 4 aromatic rings. The molecule has 0 fully saturated rings. The molecule has 0 atom stereocenters. The molecule has 2 N–H and O–H groups in total. The maximum atomic E-state index is 5.85. The van der Waals surface area contributed by atoms with Gasteiger partial charge in [0.15, 0.2) is 5.82 Å². The second-order valence-electron chi connectivity index (χ2n) is 5.51. The van der Waals surface area contributed by atoms with E-state index in [0.717, 1.165) is 27.0 Å². The minimum Gasteiger partial charge on any atom is -0.399 e. The van der Waals surface area contributed by atoms with E-state index in [-0.39, 0.29) is 0 Å². The van der Waals surface area contributed by atoms with E-state index in [1.807, 2.05) is 28.8 Å². The van der Waals surface area contributed by atoms with Crippen molar-refractivity contribution in [2.75, 3.05) is 5.73 Å². The van der Waals surface area contributed by atoms with Gasteiger partial charge in [-0.15, -0.1) is 10.2 Å². The Bertz CT molecular complexity index is 968. The molecule has 0 aliphatic carbocycles. The predicted octanol–water partition coefficient (Wildman–Crippen LogP) is 3.33. The van der Waals surface area contributed by atoms with Crippen molar-refractivity contribution in [1.29, 1.82) is 0 Å². The van der Waals surface area contributed by atoms with Crippen molar-refractivity contribution in [3.63, 3.8) is 0 Å². The van der Waals surface area contributed by atoms with Crippen molar-refractivity contribution >= 4 is 22.0 Å². The normalized spacial score (nSPS) is 11.2. The molecule has 0 radical (unpaired) electrons. The summed E-state index contributed by atoms with van der Waals surface area (Å²) >= 11 is 1.52. The second-order valence-corrected chi connectivity index (χ2v) is 6.46. The average molecular weight is 321 g/mol. The third-order valence-corrected chi connectivity index (χ3v) is 4.62. The van der Waals surface area contributed by atoms with Crippen LogP contribution in [0.15, 0.2) is 48.5 Å². The largest absolute Gasteiger partial charge is 0.399 e. The SMILES string of the molecule is Cc1ccc(Cc2nnc3sc(-c4cccc(N)c4)nn23)cc1. The van der Waals surface area contributed by atoms with E-state index >= 15 is 0 Å². The Morgan fingerprint density at radius 2 is 1.91 bits per heavy atom. The number of aromatic nitrogens is 4. The molecule has 4 rings (SSSR count). The Morgan fingerprint density at radius 3 is 2.70 bits per heavy atom. The lowest BCUT2D eigenvalue weighted by Crippen LogP contribution is -1.97. The first kappa shape index (κ1) is 13.9. The fourth-order valence-electron chi connectivity index (χ4n) is 2.44. The number of nitrogens with zero attached hydrogens (tertiary/aromatic N) is 4. The highest BCUT2D eigenvalue weighted by Crippen LogP contribution is 2.27. The van der Waals surface area contributed by atoms with Gasteiger partial charge >= 0.3 is 0 Å². The molecule has 0 amide bonds. The van der Waals surface area contributed by atoms with Crippen molar-refractivity contribution < 1.29 is 0 Å². The second kappa shape index (κ2) is 5.48. The number of nitrogen functional groups attached to an aromatic ring is 1. The van der Waals surface area contributed by atoms with Crippen LogP contribution in [0.4, 0.5) is 5.69 Å². The van der Waals surface area contributed by atoms with Crippen molar-refractivity contribution in [3.8, 4) is 10.6 Å². The first-order chi connectivity index (χ1) is 11.2. The van der Waals surface area contributed by atoms with Gasteiger partial charge in [0, 0.05) is 17.7 Å². The molecule has 6 heteroatoms. The standard InChI is InChI=1S/C17H15N5S/c1-11-5-7-12(8-6-11)9-15-19-20-17-22(15)21-16(23-17)13-3-2-4-14(18)10-13/h2-8,10H,9,18H2,1H3. The lowest BCUT2D eigenvalue weighted by atomic mass is 10.1. The predicted molar refractivity (Wildman–Crippen MR) is 92.5 cm³/mol. The summed E-state index contributed by atoms with van der Waals surface area (Å²) in [7, 11) is 0. The molecule has 2 heterocycles. The molecule has 0 saturated carbocycles. The molecule has 0 bridgehead atoms. The van der Waals surface area contributed by atoms with Gasteiger partial charge < -0.3 is 5.73 Å². The fourth-order valence-corrected chi connectivity index (χ4v) is 3.30. The van der Waals surface area contributed by atoms with Gasteiger partial charge in [-0.25, -0.2) is 0 Å². The Morgan fingerprint density at radius 1 is 1.09 bits per heavy atom. The number of benzene rings is 2. The third kappa shape index (κ3) is 2.68. The quantitative estimate of drug-likeness (QED) is 0.588. The van der Waals surface area contributed by atoms with Gasteiger partial charge in [-0.1, -0.05) is 53.3 Å². The number of anilines is 1. The summed E-state index contributed by atoms with van der Waals surface area (Å²) in [4.78, 5) is 0.796. The van der Waals surface area contributed by atoms with Gasteiger partial charge in [0.25, 0.3) is 0 Å². The van der Waals surface area contributed by atoms with Crippen LogP contribution in [0, 0.1) is 6.92 Å². The summed E-state index contributed by atoms with van der Waals surface area (Å²) in [5, 5.41) is 14.0. The van der Waals surface area contributed by atoms with Crippen LogP contribution in [-0.2, 0) is 6.42 Å². The monoisotopic (exact) mass is 321 g/mol. The third-order valence-electron chi connectivity index (χ3n) is 3.67. The Kier molecular flexibility index (Phi) is 3.31. The van der Waals surface area contributed by atoms with Crippen LogP contribution >= 0.6 is 11.3 Å². The smallest absolute Gasteiger partial charge is 0.234 e. The molecule has 0 saturated heterocycles. The molecule has 2 aromatic heterocycles. The zero-order valence-corrected chi connectivity index (χ0v) is 13.4. The molecule has 0 aliphatic rings. The van der Waals surface area contributed by atoms with E-state index in [2.05, 4.69) is 46.5 Å². The molecule has 0 spiro atoms. The van der Waals surface area contributed by atoms with Crippen LogP contribution < -0.4 is 5.73 Å². The van der Waals surface area contributed by atoms with Crippen LogP contribution in [0.2, 0.25) is 0 Å². The van der Waals surface area contributed by atoms with Crippen LogP contribution in [-0.4, -0.2) is 19.8 Å². The topological polar surface area (TPSA) is 69.1 Å². The highest BCUT2D eigenvalue weighted by molar-refractivity contribution is 7.19. The maximum Gasteiger partial charge on any atom is 0.234 e. The average Bonchev–Trinajstić information content (AvgIpc) is 3.11. The van der Waals surface area contributed by atoms with E-state index in [9.17, 15) is 0 Å². The Labute approximate surface area is 137 Å². The molecule has 114 valence electrons. The number of nitrogens with two attached hydrogens (primary N) is 1. The van der Waals surface area contributed by atoms with Crippen LogP contribution in [0.25, 0.3) is 15.5 Å². The van der Waals surface area contributed by atoms with Gasteiger partial charge in [0.1, 0.15) is 5.01 Å².